The smallest absolute Gasteiger partial charge is 0.124 e. The van der Waals surface area contributed by atoms with Crippen molar-refractivity contribution in [1.82, 2.24) is 5.32 Å². The van der Waals surface area contributed by atoms with Gasteiger partial charge in [-0.1, -0.05) is 52.3 Å². The fourth-order valence-electron chi connectivity index (χ4n) is 1.90. The molecular weight excluding hydrogens is 302 g/mol. The molecule has 100 valence electrons. The summed E-state index contributed by atoms with van der Waals surface area (Å²) in [5.41, 5.74) is 2.33. The average Bonchev–Trinajstić information content (AvgIpc) is 2.46. The first-order valence-electron chi connectivity index (χ1n) is 6.34. The molecule has 0 fully saturated rings. The van der Waals surface area contributed by atoms with E-state index >= 15 is 0 Å². The monoisotopic (exact) mass is 319 g/mol. The second-order valence-corrected chi connectivity index (χ2v) is 5.28. The quantitative estimate of drug-likeness (QED) is 0.886. The van der Waals surface area contributed by atoms with Gasteiger partial charge in [0.1, 0.15) is 12.4 Å². The highest BCUT2D eigenvalue weighted by Crippen LogP contribution is 2.26. The predicted molar refractivity (Wildman–Crippen MR) is 82.4 cm³/mol. The fraction of sp³-hybridized carbons (Fsp3) is 0.250. The second kappa shape index (κ2) is 6.73. The number of halogens is 1. The molecule has 2 aromatic carbocycles. The fourth-order valence-corrected chi connectivity index (χ4v) is 2.30. The van der Waals surface area contributed by atoms with E-state index in [0.717, 1.165) is 15.8 Å². The summed E-state index contributed by atoms with van der Waals surface area (Å²) in [5.74, 6) is 0.931. The summed E-state index contributed by atoms with van der Waals surface area (Å²) in [6, 6.07) is 16.5. The Bertz CT molecular complexity index is 542. The van der Waals surface area contributed by atoms with Gasteiger partial charge in [-0.15, -0.1) is 0 Å². The highest BCUT2D eigenvalue weighted by atomic mass is 79.9. The van der Waals surface area contributed by atoms with Crippen LogP contribution < -0.4 is 10.1 Å². The van der Waals surface area contributed by atoms with Crippen molar-refractivity contribution < 1.29 is 4.74 Å². The van der Waals surface area contributed by atoms with E-state index in [4.69, 9.17) is 4.74 Å². The van der Waals surface area contributed by atoms with Crippen molar-refractivity contribution in [3.8, 4) is 5.75 Å². The van der Waals surface area contributed by atoms with Gasteiger partial charge in [0.2, 0.25) is 0 Å². The molecule has 1 unspecified atom stereocenters. The Kier molecular flexibility index (Phi) is 5.00. The van der Waals surface area contributed by atoms with Crippen molar-refractivity contribution in [2.24, 2.45) is 0 Å². The molecule has 0 heterocycles. The third-order valence-electron chi connectivity index (χ3n) is 3.16. The van der Waals surface area contributed by atoms with Crippen LogP contribution in [0.2, 0.25) is 0 Å². The second-order valence-electron chi connectivity index (χ2n) is 4.43. The Morgan fingerprint density at radius 2 is 1.79 bits per heavy atom. The first-order valence-corrected chi connectivity index (χ1v) is 7.14. The lowest BCUT2D eigenvalue weighted by atomic mass is 10.1. The van der Waals surface area contributed by atoms with Crippen LogP contribution in [0.1, 0.15) is 24.1 Å². The Balaban J connectivity index is 2.14. The van der Waals surface area contributed by atoms with Crippen LogP contribution >= 0.6 is 15.9 Å². The van der Waals surface area contributed by atoms with Gasteiger partial charge in [-0.3, -0.25) is 0 Å². The van der Waals surface area contributed by atoms with Gasteiger partial charge < -0.3 is 10.1 Å². The number of para-hydroxylation sites is 1. The molecule has 0 aliphatic rings. The maximum atomic E-state index is 5.96. The first-order chi connectivity index (χ1) is 9.22. The summed E-state index contributed by atoms with van der Waals surface area (Å²) < 4.78 is 7.03. The molecule has 19 heavy (non-hydrogen) atoms. The van der Waals surface area contributed by atoms with E-state index in [-0.39, 0.29) is 6.04 Å². The van der Waals surface area contributed by atoms with Crippen molar-refractivity contribution in [2.75, 3.05) is 7.05 Å². The molecule has 0 aromatic heterocycles. The van der Waals surface area contributed by atoms with Crippen molar-refractivity contribution in [3.63, 3.8) is 0 Å². The minimum absolute atomic E-state index is 0.274. The van der Waals surface area contributed by atoms with Gasteiger partial charge in [0, 0.05) is 21.6 Å². The Hall–Kier alpha value is -1.32. The maximum Gasteiger partial charge on any atom is 0.124 e. The Morgan fingerprint density at radius 1 is 1.11 bits per heavy atom. The van der Waals surface area contributed by atoms with Crippen molar-refractivity contribution >= 4 is 15.9 Å². The van der Waals surface area contributed by atoms with E-state index in [1.807, 2.05) is 43.4 Å². The normalized spacial score (nSPS) is 12.2. The molecule has 0 spiro atoms. The van der Waals surface area contributed by atoms with Crippen molar-refractivity contribution in [3.05, 3.63) is 64.1 Å². The molecule has 0 amide bonds. The summed E-state index contributed by atoms with van der Waals surface area (Å²) >= 11 is 3.54. The Labute approximate surface area is 122 Å². The first kappa shape index (κ1) is 14.1. The molecule has 0 saturated heterocycles. The van der Waals surface area contributed by atoms with Gasteiger partial charge in [0.05, 0.1) is 0 Å². The molecule has 2 rings (SSSR count). The van der Waals surface area contributed by atoms with Crippen molar-refractivity contribution in [1.29, 1.82) is 0 Å². The van der Waals surface area contributed by atoms with Gasteiger partial charge in [-0.2, -0.15) is 0 Å². The van der Waals surface area contributed by atoms with E-state index in [1.165, 1.54) is 5.56 Å². The molecule has 0 aliphatic heterocycles. The largest absolute Gasteiger partial charge is 0.489 e. The lowest BCUT2D eigenvalue weighted by Crippen LogP contribution is -2.13. The molecule has 0 saturated carbocycles. The van der Waals surface area contributed by atoms with Crippen LogP contribution in [0.15, 0.2) is 53.0 Å². The van der Waals surface area contributed by atoms with Crippen LogP contribution in [0.3, 0.4) is 0 Å². The summed E-state index contributed by atoms with van der Waals surface area (Å²) in [6.07, 6.45) is 0. The number of nitrogens with one attached hydrogen (secondary N) is 1. The third kappa shape index (κ3) is 3.58. The molecule has 1 N–H and O–H groups in total. The molecule has 0 aliphatic carbocycles. The summed E-state index contributed by atoms with van der Waals surface area (Å²) in [4.78, 5) is 0. The van der Waals surface area contributed by atoms with E-state index in [1.54, 1.807) is 0 Å². The number of hydrogen-bond acceptors (Lipinski definition) is 2. The highest BCUT2D eigenvalue weighted by Gasteiger charge is 2.09. The Morgan fingerprint density at radius 3 is 2.53 bits per heavy atom. The van der Waals surface area contributed by atoms with E-state index in [9.17, 15) is 0 Å². The van der Waals surface area contributed by atoms with Crippen LogP contribution in [0.5, 0.6) is 5.75 Å². The zero-order chi connectivity index (χ0) is 13.7. The standard InChI is InChI=1S/C16H18BrNO/c1-12(18-2)14-8-4-6-10-16(14)19-11-13-7-3-5-9-15(13)17/h3-10,12,18H,11H2,1-2H3. The van der Waals surface area contributed by atoms with Gasteiger partial charge in [0.25, 0.3) is 0 Å². The van der Waals surface area contributed by atoms with Gasteiger partial charge in [0.15, 0.2) is 0 Å². The van der Waals surface area contributed by atoms with E-state index in [0.29, 0.717) is 6.61 Å². The van der Waals surface area contributed by atoms with Crippen molar-refractivity contribution in [2.45, 2.75) is 19.6 Å². The molecule has 2 nitrogen and oxygen atoms in total. The van der Waals surface area contributed by atoms with Crippen LogP contribution in [-0.2, 0) is 6.61 Å². The molecule has 0 bridgehead atoms. The number of ether oxygens (including phenoxy) is 1. The number of rotatable bonds is 5. The molecular formula is C16H18BrNO. The minimum Gasteiger partial charge on any atom is -0.489 e. The number of hydrogen-bond donors (Lipinski definition) is 1. The summed E-state index contributed by atoms with van der Waals surface area (Å²) in [7, 11) is 1.95. The van der Waals surface area contributed by atoms with Gasteiger partial charge >= 0.3 is 0 Å². The summed E-state index contributed by atoms with van der Waals surface area (Å²) in [6.45, 7) is 2.69. The molecule has 1 atom stereocenters. The SMILES string of the molecule is CNC(C)c1ccccc1OCc1ccccc1Br. The topological polar surface area (TPSA) is 21.3 Å². The number of benzene rings is 2. The van der Waals surface area contributed by atoms with Gasteiger partial charge in [-0.25, -0.2) is 0 Å². The lowest BCUT2D eigenvalue weighted by molar-refractivity contribution is 0.299. The summed E-state index contributed by atoms with van der Waals surface area (Å²) in [5, 5.41) is 3.24. The van der Waals surface area contributed by atoms with Crippen LogP contribution in [0.25, 0.3) is 0 Å². The van der Waals surface area contributed by atoms with E-state index in [2.05, 4.69) is 40.3 Å². The molecule has 3 heteroatoms. The highest BCUT2D eigenvalue weighted by molar-refractivity contribution is 9.10. The van der Waals surface area contributed by atoms with Crippen LogP contribution in [0.4, 0.5) is 0 Å². The third-order valence-corrected chi connectivity index (χ3v) is 3.93. The average molecular weight is 320 g/mol. The van der Waals surface area contributed by atoms with Gasteiger partial charge in [-0.05, 0) is 26.1 Å². The molecule has 2 aromatic rings. The predicted octanol–water partition coefficient (Wildman–Crippen LogP) is 4.31. The minimum atomic E-state index is 0.274. The lowest BCUT2D eigenvalue weighted by Gasteiger charge is -2.16. The van der Waals surface area contributed by atoms with E-state index < -0.39 is 0 Å². The zero-order valence-corrected chi connectivity index (χ0v) is 12.8. The maximum absolute atomic E-state index is 5.96. The molecule has 0 radical (unpaired) electrons. The van der Waals surface area contributed by atoms with Crippen LogP contribution in [-0.4, -0.2) is 7.05 Å². The zero-order valence-electron chi connectivity index (χ0n) is 11.2. The van der Waals surface area contributed by atoms with Crippen LogP contribution in [0, 0.1) is 0 Å².